The summed E-state index contributed by atoms with van der Waals surface area (Å²) in [7, 11) is -3.31. The van der Waals surface area contributed by atoms with Crippen LogP contribution in [-0.4, -0.2) is 26.3 Å². The van der Waals surface area contributed by atoms with Crippen molar-refractivity contribution in [3.8, 4) is 11.9 Å². The van der Waals surface area contributed by atoms with Gasteiger partial charge in [-0.3, -0.25) is 0 Å². The Bertz CT molecular complexity index is 873. The fourth-order valence-corrected chi connectivity index (χ4v) is 2.58. The number of nitrogens with one attached hydrogen (secondary N) is 1. The molecule has 0 radical (unpaired) electrons. The van der Waals surface area contributed by atoms with E-state index in [1.54, 1.807) is 19.1 Å². The number of sulfone groups is 1. The number of ether oxygens (including phenoxy) is 1. The molecule has 0 saturated heterocycles. The highest BCUT2D eigenvalue weighted by Crippen LogP contribution is 2.27. The lowest BCUT2D eigenvalue weighted by Crippen LogP contribution is -2.04. The van der Waals surface area contributed by atoms with Gasteiger partial charge < -0.3 is 15.8 Å². The van der Waals surface area contributed by atoms with E-state index in [9.17, 15) is 8.42 Å². The third kappa shape index (κ3) is 3.90. The van der Waals surface area contributed by atoms with Crippen LogP contribution in [0.15, 0.2) is 35.2 Å². The molecule has 0 unspecified atom stereocenters. The first-order valence-electron chi connectivity index (χ1n) is 6.75. The van der Waals surface area contributed by atoms with Crippen LogP contribution in [0.2, 0.25) is 0 Å². The van der Waals surface area contributed by atoms with Gasteiger partial charge in [0.1, 0.15) is 17.5 Å². The van der Waals surface area contributed by atoms with Gasteiger partial charge in [0.05, 0.1) is 17.2 Å². The highest BCUT2D eigenvalue weighted by atomic mass is 32.2. The van der Waals surface area contributed by atoms with E-state index in [-0.39, 0.29) is 22.0 Å². The Morgan fingerprint density at radius 3 is 2.74 bits per heavy atom. The van der Waals surface area contributed by atoms with Crippen molar-refractivity contribution in [1.82, 2.24) is 4.98 Å². The van der Waals surface area contributed by atoms with Gasteiger partial charge in [-0.15, -0.1) is 0 Å². The quantitative estimate of drug-likeness (QED) is 0.860. The number of nitriles is 1. The molecular formula is C15H16N4O3S. The molecule has 0 aliphatic carbocycles. The molecule has 1 heterocycles. The van der Waals surface area contributed by atoms with Crippen molar-refractivity contribution in [3.63, 3.8) is 0 Å². The number of nitrogen functional groups attached to an aromatic ring is 1. The largest absolute Gasteiger partial charge is 0.477 e. The normalized spacial score (nSPS) is 10.8. The van der Waals surface area contributed by atoms with Gasteiger partial charge in [0.2, 0.25) is 5.88 Å². The number of aromatic nitrogens is 1. The number of hydrogen-bond acceptors (Lipinski definition) is 7. The lowest BCUT2D eigenvalue weighted by molar-refractivity contribution is 0.326. The summed E-state index contributed by atoms with van der Waals surface area (Å²) in [4.78, 5) is 4.38. The Kier molecular flexibility index (Phi) is 4.71. The van der Waals surface area contributed by atoms with Gasteiger partial charge in [-0.05, 0) is 25.1 Å². The minimum absolute atomic E-state index is 0.136. The molecule has 0 fully saturated rings. The lowest BCUT2D eigenvalue weighted by atomic mass is 10.2. The van der Waals surface area contributed by atoms with E-state index in [0.717, 1.165) is 6.26 Å². The van der Waals surface area contributed by atoms with E-state index in [1.165, 1.54) is 18.2 Å². The summed E-state index contributed by atoms with van der Waals surface area (Å²) < 4.78 is 28.5. The van der Waals surface area contributed by atoms with Crippen molar-refractivity contribution in [3.05, 3.63) is 35.9 Å². The third-order valence-corrected chi connectivity index (χ3v) is 4.05. The van der Waals surface area contributed by atoms with E-state index in [4.69, 9.17) is 15.7 Å². The zero-order valence-electron chi connectivity index (χ0n) is 12.7. The summed E-state index contributed by atoms with van der Waals surface area (Å²) in [5.74, 6) is 0.493. The molecule has 3 N–H and O–H groups in total. The van der Waals surface area contributed by atoms with Crippen LogP contribution in [-0.2, 0) is 9.84 Å². The highest BCUT2D eigenvalue weighted by molar-refractivity contribution is 7.90. The second kappa shape index (κ2) is 6.54. The van der Waals surface area contributed by atoms with Gasteiger partial charge in [-0.25, -0.2) is 8.42 Å². The molecule has 120 valence electrons. The topological polar surface area (TPSA) is 118 Å². The maximum atomic E-state index is 11.6. The fourth-order valence-electron chi connectivity index (χ4n) is 1.91. The molecule has 0 aliphatic heterocycles. The first kappa shape index (κ1) is 16.6. The van der Waals surface area contributed by atoms with Crippen LogP contribution >= 0.6 is 0 Å². The Hall–Kier alpha value is -2.79. The van der Waals surface area contributed by atoms with Crippen LogP contribution < -0.4 is 15.8 Å². The molecule has 0 aliphatic rings. The number of pyridine rings is 1. The molecule has 23 heavy (non-hydrogen) atoms. The molecule has 2 aromatic rings. The summed E-state index contributed by atoms with van der Waals surface area (Å²) in [6, 6.07) is 9.76. The number of rotatable bonds is 5. The van der Waals surface area contributed by atoms with Crippen molar-refractivity contribution in [2.24, 2.45) is 0 Å². The Balaban J connectivity index is 2.39. The van der Waals surface area contributed by atoms with Crippen LogP contribution in [0, 0.1) is 11.3 Å². The second-order valence-electron chi connectivity index (χ2n) is 4.75. The van der Waals surface area contributed by atoms with Gasteiger partial charge in [0, 0.05) is 18.0 Å². The van der Waals surface area contributed by atoms with Crippen LogP contribution in [0.3, 0.4) is 0 Å². The molecule has 8 heteroatoms. The monoisotopic (exact) mass is 332 g/mol. The van der Waals surface area contributed by atoms with Gasteiger partial charge in [0.25, 0.3) is 0 Å². The molecule has 1 aromatic heterocycles. The third-order valence-electron chi connectivity index (χ3n) is 2.94. The number of hydrogen-bond donors (Lipinski definition) is 2. The zero-order chi connectivity index (χ0) is 17.0. The second-order valence-corrected chi connectivity index (χ2v) is 6.76. The summed E-state index contributed by atoms with van der Waals surface area (Å²) in [6.07, 6.45) is 1.14. The fraction of sp³-hybridized carbons (Fsp3) is 0.200. The van der Waals surface area contributed by atoms with E-state index < -0.39 is 9.84 Å². The standard InChI is InChI=1S/C15H16N4O3S/c1-3-22-15-12(9-16)13(17)8-14(19-15)18-10-5-4-6-11(7-10)23(2,20)21/h4-8H,3H2,1-2H3,(H3,17,18,19). The van der Waals surface area contributed by atoms with Gasteiger partial charge in [-0.1, -0.05) is 6.07 Å². The zero-order valence-corrected chi connectivity index (χ0v) is 13.5. The smallest absolute Gasteiger partial charge is 0.235 e. The van der Waals surface area contributed by atoms with E-state index in [1.807, 2.05) is 6.07 Å². The van der Waals surface area contributed by atoms with E-state index in [2.05, 4.69) is 10.3 Å². The average Bonchev–Trinajstić information content (AvgIpc) is 2.47. The maximum absolute atomic E-state index is 11.6. The molecule has 0 spiro atoms. The summed E-state index contributed by atoms with van der Waals surface area (Å²) >= 11 is 0. The Morgan fingerprint density at radius 1 is 1.39 bits per heavy atom. The Labute approximate surface area is 134 Å². The summed E-state index contributed by atoms with van der Waals surface area (Å²) in [5, 5.41) is 12.1. The first-order chi connectivity index (χ1) is 10.8. The molecule has 1 aromatic carbocycles. The van der Waals surface area contributed by atoms with E-state index in [0.29, 0.717) is 18.1 Å². The maximum Gasteiger partial charge on any atom is 0.235 e. The van der Waals surface area contributed by atoms with Crippen LogP contribution in [0.1, 0.15) is 12.5 Å². The minimum atomic E-state index is -3.31. The number of benzene rings is 1. The molecular weight excluding hydrogens is 316 g/mol. The van der Waals surface area contributed by atoms with E-state index >= 15 is 0 Å². The Morgan fingerprint density at radius 2 is 2.13 bits per heavy atom. The first-order valence-corrected chi connectivity index (χ1v) is 8.65. The van der Waals surface area contributed by atoms with Crippen molar-refractivity contribution < 1.29 is 13.2 Å². The average molecular weight is 332 g/mol. The van der Waals surface area contributed by atoms with Crippen molar-refractivity contribution in [1.29, 1.82) is 5.26 Å². The van der Waals surface area contributed by atoms with Crippen molar-refractivity contribution in [2.75, 3.05) is 23.9 Å². The predicted molar refractivity (Wildman–Crippen MR) is 87.4 cm³/mol. The lowest BCUT2D eigenvalue weighted by Gasteiger charge is -2.11. The molecule has 7 nitrogen and oxygen atoms in total. The summed E-state index contributed by atoms with van der Waals surface area (Å²) in [5.41, 5.74) is 6.77. The van der Waals surface area contributed by atoms with Crippen LogP contribution in [0.5, 0.6) is 5.88 Å². The molecule has 0 atom stereocenters. The number of nitrogens with two attached hydrogens (primary N) is 1. The molecule has 0 amide bonds. The SMILES string of the molecule is CCOc1nc(Nc2cccc(S(C)(=O)=O)c2)cc(N)c1C#N. The van der Waals surface area contributed by atoms with Crippen LogP contribution in [0.4, 0.5) is 17.2 Å². The molecule has 0 bridgehead atoms. The highest BCUT2D eigenvalue weighted by Gasteiger charge is 2.13. The summed E-state index contributed by atoms with van der Waals surface area (Å²) in [6.45, 7) is 2.11. The number of nitrogens with zero attached hydrogens (tertiary/aromatic N) is 2. The molecule has 2 rings (SSSR count). The van der Waals surface area contributed by atoms with Crippen molar-refractivity contribution in [2.45, 2.75) is 11.8 Å². The van der Waals surface area contributed by atoms with Gasteiger partial charge >= 0.3 is 0 Å². The minimum Gasteiger partial charge on any atom is -0.477 e. The van der Waals surface area contributed by atoms with Gasteiger partial charge in [-0.2, -0.15) is 10.2 Å². The van der Waals surface area contributed by atoms with Gasteiger partial charge in [0.15, 0.2) is 9.84 Å². The molecule has 0 saturated carbocycles. The van der Waals surface area contributed by atoms with Crippen LogP contribution in [0.25, 0.3) is 0 Å². The van der Waals surface area contributed by atoms with Crippen molar-refractivity contribution >= 4 is 27.0 Å². The predicted octanol–water partition coefficient (Wildman–Crippen LogP) is 2.08. The number of anilines is 3.